The molecule has 7 heteroatoms. The zero-order valence-corrected chi connectivity index (χ0v) is 15.0. The Balaban J connectivity index is 1.67. The van der Waals surface area contributed by atoms with Gasteiger partial charge >= 0.3 is 0 Å². The minimum absolute atomic E-state index is 0.587. The Labute approximate surface area is 150 Å². The highest BCUT2D eigenvalue weighted by Gasteiger charge is 2.15. The molecule has 130 valence electrons. The van der Waals surface area contributed by atoms with Crippen molar-refractivity contribution >= 4 is 11.8 Å². The number of rotatable bonds is 7. The molecule has 1 heterocycles. The smallest absolute Gasteiger partial charge is 0.210 e. The van der Waals surface area contributed by atoms with Crippen molar-refractivity contribution in [2.24, 2.45) is 0 Å². The second kappa shape index (κ2) is 7.94. The highest BCUT2D eigenvalue weighted by Crippen LogP contribution is 2.29. The Hall–Kier alpha value is -2.67. The van der Waals surface area contributed by atoms with Crippen molar-refractivity contribution in [2.45, 2.75) is 11.6 Å². The van der Waals surface area contributed by atoms with E-state index in [2.05, 4.69) is 22.3 Å². The van der Waals surface area contributed by atoms with Gasteiger partial charge < -0.3 is 15.3 Å². The maximum absolute atomic E-state index is 6.18. The summed E-state index contributed by atoms with van der Waals surface area (Å²) in [4.78, 5) is 0. The summed E-state index contributed by atoms with van der Waals surface area (Å²) in [6.45, 7) is 0. The summed E-state index contributed by atoms with van der Waals surface area (Å²) < 4.78 is 12.0. The molecule has 0 fully saturated rings. The molecule has 0 aliphatic carbocycles. The Bertz CT molecular complexity index is 833. The first-order valence-electron chi connectivity index (χ1n) is 7.82. The van der Waals surface area contributed by atoms with Gasteiger partial charge in [0.15, 0.2) is 5.82 Å². The number of hydrogen-bond acceptors (Lipinski definition) is 6. The average molecular weight is 356 g/mol. The summed E-state index contributed by atoms with van der Waals surface area (Å²) >= 11 is 1.57. The molecule has 0 aliphatic rings. The number of benzene rings is 2. The van der Waals surface area contributed by atoms with Crippen molar-refractivity contribution in [2.75, 3.05) is 25.8 Å². The van der Waals surface area contributed by atoms with Gasteiger partial charge in [0.25, 0.3) is 0 Å². The van der Waals surface area contributed by atoms with Gasteiger partial charge in [-0.15, -0.1) is 10.2 Å². The lowest BCUT2D eigenvalue weighted by Crippen LogP contribution is -2.12. The molecule has 1 aromatic heterocycles. The van der Waals surface area contributed by atoms with Crippen LogP contribution in [0.1, 0.15) is 5.56 Å². The number of para-hydroxylation sites is 1. The molecule has 2 aromatic carbocycles. The second-order valence-corrected chi connectivity index (χ2v) is 6.39. The first-order chi connectivity index (χ1) is 12.2. The van der Waals surface area contributed by atoms with Crippen molar-refractivity contribution in [3.8, 4) is 22.9 Å². The third-order valence-electron chi connectivity index (χ3n) is 3.79. The molecule has 0 atom stereocenters. The summed E-state index contributed by atoms with van der Waals surface area (Å²) in [7, 11) is 3.29. The number of nitrogen functional groups attached to an aromatic ring is 1. The van der Waals surface area contributed by atoms with Crippen LogP contribution in [-0.2, 0) is 6.42 Å². The first-order valence-corrected chi connectivity index (χ1v) is 8.81. The molecular formula is C18H20N4O2S. The Morgan fingerprint density at radius 2 is 1.76 bits per heavy atom. The lowest BCUT2D eigenvalue weighted by Gasteiger charge is -2.08. The van der Waals surface area contributed by atoms with Gasteiger partial charge in [-0.25, -0.2) is 4.68 Å². The third kappa shape index (κ3) is 3.88. The van der Waals surface area contributed by atoms with Crippen LogP contribution in [0, 0.1) is 0 Å². The molecular weight excluding hydrogens is 336 g/mol. The Kier molecular flexibility index (Phi) is 5.45. The fraction of sp³-hybridized carbons (Fsp3) is 0.222. The minimum Gasteiger partial charge on any atom is -0.497 e. The number of methoxy groups -OCH3 is 2. The summed E-state index contributed by atoms with van der Waals surface area (Å²) in [6, 6.07) is 15.7. The molecule has 0 saturated carbocycles. The van der Waals surface area contributed by atoms with Crippen LogP contribution in [0.25, 0.3) is 11.4 Å². The van der Waals surface area contributed by atoms with Gasteiger partial charge in [0.1, 0.15) is 11.5 Å². The quantitative estimate of drug-likeness (QED) is 0.518. The van der Waals surface area contributed by atoms with Crippen LogP contribution >= 0.6 is 11.8 Å². The molecule has 6 nitrogen and oxygen atoms in total. The normalized spacial score (nSPS) is 10.6. The van der Waals surface area contributed by atoms with Crippen molar-refractivity contribution in [1.29, 1.82) is 0 Å². The van der Waals surface area contributed by atoms with Crippen LogP contribution in [0.5, 0.6) is 11.5 Å². The molecule has 2 N–H and O–H groups in total. The first kappa shape index (κ1) is 17.2. The zero-order chi connectivity index (χ0) is 17.6. The van der Waals surface area contributed by atoms with E-state index in [4.69, 9.17) is 15.3 Å². The molecule has 25 heavy (non-hydrogen) atoms. The number of nitrogens with zero attached hydrogens (tertiary/aromatic N) is 3. The third-order valence-corrected chi connectivity index (χ3v) is 4.74. The molecule has 0 amide bonds. The van der Waals surface area contributed by atoms with Gasteiger partial charge in [-0.1, -0.05) is 36.0 Å². The van der Waals surface area contributed by atoms with E-state index >= 15 is 0 Å². The number of aryl methyl sites for hydroxylation is 1. The largest absolute Gasteiger partial charge is 0.497 e. The SMILES string of the molecule is COc1ccc(CCSc2nnc(-c3ccccc3OC)n2N)cc1. The molecule has 3 rings (SSSR count). The Morgan fingerprint density at radius 3 is 2.48 bits per heavy atom. The molecule has 0 radical (unpaired) electrons. The summed E-state index contributed by atoms with van der Waals surface area (Å²) in [5.41, 5.74) is 2.06. The zero-order valence-electron chi connectivity index (χ0n) is 14.2. The predicted molar refractivity (Wildman–Crippen MR) is 99.6 cm³/mol. The molecule has 3 aromatic rings. The van der Waals surface area contributed by atoms with Gasteiger partial charge in [0.2, 0.25) is 5.16 Å². The lowest BCUT2D eigenvalue weighted by atomic mass is 10.2. The van der Waals surface area contributed by atoms with Crippen molar-refractivity contribution in [3.05, 3.63) is 54.1 Å². The van der Waals surface area contributed by atoms with E-state index < -0.39 is 0 Å². The highest BCUT2D eigenvalue weighted by molar-refractivity contribution is 7.99. The maximum atomic E-state index is 6.18. The van der Waals surface area contributed by atoms with Gasteiger partial charge in [-0.3, -0.25) is 0 Å². The summed E-state index contributed by atoms with van der Waals surface area (Å²) in [6.07, 6.45) is 0.908. The summed E-state index contributed by atoms with van der Waals surface area (Å²) in [5, 5.41) is 9.09. The van der Waals surface area contributed by atoms with Gasteiger partial charge in [-0.2, -0.15) is 0 Å². The molecule has 0 aliphatic heterocycles. The number of aromatic nitrogens is 3. The van der Waals surface area contributed by atoms with E-state index in [0.29, 0.717) is 11.0 Å². The van der Waals surface area contributed by atoms with Gasteiger partial charge in [-0.05, 0) is 36.2 Å². The van der Waals surface area contributed by atoms with Crippen molar-refractivity contribution in [1.82, 2.24) is 14.9 Å². The standard InChI is InChI=1S/C18H20N4O2S/c1-23-14-9-7-13(8-10-14)11-12-25-18-21-20-17(22(18)19)15-5-3-4-6-16(15)24-2/h3-10H,11-12,19H2,1-2H3. The van der Waals surface area contributed by atoms with E-state index in [9.17, 15) is 0 Å². The Morgan fingerprint density at radius 1 is 1.00 bits per heavy atom. The van der Waals surface area contributed by atoms with Crippen LogP contribution in [0.3, 0.4) is 0 Å². The minimum atomic E-state index is 0.587. The fourth-order valence-corrected chi connectivity index (χ4v) is 3.29. The topological polar surface area (TPSA) is 75.2 Å². The number of ether oxygens (including phenoxy) is 2. The van der Waals surface area contributed by atoms with Crippen molar-refractivity contribution < 1.29 is 9.47 Å². The average Bonchev–Trinajstić information content (AvgIpc) is 3.03. The molecule has 0 unspecified atom stereocenters. The monoisotopic (exact) mass is 356 g/mol. The number of hydrogen-bond donors (Lipinski definition) is 1. The highest BCUT2D eigenvalue weighted by atomic mass is 32.2. The van der Waals surface area contributed by atoms with Crippen LogP contribution in [0.4, 0.5) is 0 Å². The van der Waals surface area contributed by atoms with E-state index in [1.165, 1.54) is 10.2 Å². The van der Waals surface area contributed by atoms with Crippen LogP contribution in [-0.4, -0.2) is 34.8 Å². The fourth-order valence-electron chi connectivity index (χ4n) is 2.44. The van der Waals surface area contributed by atoms with E-state index in [1.807, 2.05) is 36.4 Å². The maximum Gasteiger partial charge on any atom is 0.210 e. The molecule has 0 saturated heterocycles. The molecule has 0 bridgehead atoms. The second-order valence-electron chi connectivity index (χ2n) is 5.32. The number of nitrogens with two attached hydrogens (primary N) is 1. The van der Waals surface area contributed by atoms with Crippen LogP contribution in [0.2, 0.25) is 0 Å². The van der Waals surface area contributed by atoms with Gasteiger partial charge in [0.05, 0.1) is 19.8 Å². The lowest BCUT2D eigenvalue weighted by molar-refractivity contribution is 0.414. The van der Waals surface area contributed by atoms with Crippen LogP contribution in [0.15, 0.2) is 53.7 Å². The van der Waals surface area contributed by atoms with Crippen molar-refractivity contribution in [3.63, 3.8) is 0 Å². The van der Waals surface area contributed by atoms with E-state index in [0.717, 1.165) is 29.2 Å². The summed E-state index contributed by atoms with van der Waals surface area (Å²) in [5.74, 6) is 9.20. The van der Waals surface area contributed by atoms with E-state index in [1.54, 1.807) is 26.0 Å². The number of thioether (sulfide) groups is 1. The molecule has 0 spiro atoms. The predicted octanol–water partition coefficient (Wildman–Crippen LogP) is 3.01. The van der Waals surface area contributed by atoms with Crippen LogP contribution < -0.4 is 15.3 Å². The van der Waals surface area contributed by atoms with E-state index in [-0.39, 0.29) is 0 Å². The van der Waals surface area contributed by atoms with Gasteiger partial charge in [0, 0.05) is 5.75 Å².